The molecule has 1 N–H and O–H groups in total. The molecule has 7 heteroatoms. The predicted molar refractivity (Wildman–Crippen MR) is 91.9 cm³/mol. The van der Waals surface area contributed by atoms with Gasteiger partial charge in [0.15, 0.2) is 11.5 Å². The Morgan fingerprint density at radius 2 is 2.00 bits per heavy atom. The number of nitrogens with zero attached hydrogens (tertiary/aromatic N) is 1. The molecule has 0 radical (unpaired) electrons. The predicted octanol–water partition coefficient (Wildman–Crippen LogP) is 1.19. The second-order valence-corrected chi connectivity index (χ2v) is 7.10. The average molecular weight is 361 g/mol. The smallest absolute Gasteiger partial charge is 0.366 e. The molecule has 2 fully saturated rings. The summed E-state index contributed by atoms with van der Waals surface area (Å²) in [6.07, 6.45) is 3.68. The molecule has 2 unspecified atom stereocenters. The lowest BCUT2D eigenvalue weighted by molar-refractivity contribution is -0.181. The van der Waals surface area contributed by atoms with Crippen LogP contribution in [0.15, 0.2) is 30.4 Å². The van der Waals surface area contributed by atoms with Crippen molar-refractivity contribution in [2.75, 3.05) is 27.8 Å². The minimum atomic E-state index is -1.53. The van der Waals surface area contributed by atoms with E-state index in [0.29, 0.717) is 17.9 Å². The van der Waals surface area contributed by atoms with E-state index in [0.717, 1.165) is 18.5 Å². The van der Waals surface area contributed by atoms with Crippen LogP contribution in [-0.2, 0) is 19.7 Å². The average Bonchev–Trinajstić information content (AvgIpc) is 3.12. The first-order valence-corrected chi connectivity index (χ1v) is 8.65. The number of aliphatic hydroxyl groups is 1. The van der Waals surface area contributed by atoms with Crippen molar-refractivity contribution in [3.05, 3.63) is 35.9 Å². The Balaban J connectivity index is 1.76. The molecule has 0 saturated carbocycles. The molecule has 2 heterocycles. The highest BCUT2D eigenvalue weighted by atomic mass is 16.8. The van der Waals surface area contributed by atoms with Crippen molar-refractivity contribution in [3.63, 3.8) is 0 Å². The van der Waals surface area contributed by atoms with Gasteiger partial charge in [0.05, 0.1) is 14.2 Å². The lowest BCUT2D eigenvalue weighted by atomic mass is 9.68. The van der Waals surface area contributed by atoms with Gasteiger partial charge in [0.2, 0.25) is 5.79 Å². The SMILES string of the molecule is COc1ccc([C@@]23C=CC4(C[C@@H]2N(C)CC3)OC(=O)C(O)O4)cc1OC. The maximum atomic E-state index is 11.6. The summed E-state index contributed by atoms with van der Waals surface area (Å²) < 4.78 is 21.6. The van der Waals surface area contributed by atoms with Crippen LogP contribution in [0, 0.1) is 0 Å². The summed E-state index contributed by atoms with van der Waals surface area (Å²) >= 11 is 0. The first-order valence-electron chi connectivity index (χ1n) is 8.65. The Labute approximate surface area is 152 Å². The Kier molecular flexibility index (Phi) is 3.98. The van der Waals surface area contributed by atoms with Gasteiger partial charge in [-0.2, -0.15) is 0 Å². The van der Waals surface area contributed by atoms with Crippen LogP contribution in [0.1, 0.15) is 18.4 Å². The van der Waals surface area contributed by atoms with Gasteiger partial charge in [-0.3, -0.25) is 4.74 Å². The van der Waals surface area contributed by atoms with E-state index in [4.69, 9.17) is 18.9 Å². The Bertz CT molecular complexity index is 764. The minimum absolute atomic E-state index is 0.0590. The van der Waals surface area contributed by atoms with Crippen LogP contribution in [0.3, 0.4) is 0 Å². The Morgan fingerprint density at radius 1 is 1.23 bits per heavy atom. The fourth-order valence-corrected chi connectivity index (χ4v) is 4.43. The molecule has 2 aliphatic heterocycles. The number of methoxy groups -OCH3 is 2. The van der Waals surface area contributed by atoms with Crippen molar-refractivity contribution in [2.24, 2.45) is 0 Å². The molecule has 3 aliphatic rings. The quantitative estimate of drug-likeness (QED) is 0.640. The number of aliphatic hydroxyl groups excluding tert-OH is 1. The van der Waals surface area contributed by atoms with Crippen LogP contribution in [0.25, 0.3) is 0 Å². The maximum absolute atomic E-state index is 11.6. The number of likely N-dealkylation sites (tertiary alicyclic amines) is 1. The molecule has 2 saturated heterocycles. The van der Waals surface area contributed by atoms with E-state index >= 15 is 0 Å². The van der Waals surface area contributed by atoms with Crippen molar-refractivity contribution in [1.82, 2.24) is 4.90 Å². The fraction of sp³-hybridized carbons (Fsp3) is 0.526. The van der Waals surface area contributed by atoms with Gasteiger partial charge >= 0.3 is 5.97 Å². The molecule has 0 aromatic heterocycles. The Hall–Kier alpha value is -2.09. The van der Waals surface area contributed by atoms with Crippen molar-refractivity contribution >= 4 is 5.97 Å². The third-order valence-electron chi connectivity index (χ3n) is 5.82. The van der Waals surface area contributed by atoms with E-state index in [-0.39, 0.29) is 11.5 Å². The second kappa shape index (κ2) is 5.97. The fourth-order valence-electron chi connectivity index (χ4n) is 4.43. The third-order valence-corrected chi connectivity index (χ3v) is 5.82. The van der Waals surface area contributed by atoms with Crippen LogP contribution in [0.4, 0.5) is 0 Å². The number of rotatable bonds is 3. The van der Waals surface area contributed by atoms with Gasteiger partial charge in [-0.1, -0.05) is 12.1 Å². The number of hydrogen-bond donors (Lipinski definition) is 1. The highest BCUT2D eigenvalue weighted by Gasteiger charge is 2.57. The van der Waals surface area contributed by atoms with Crippen LogP contribution >= 0.6 is 0 Å². The molecule has 140 valence electrons. The largest absolute Gasteiger partial charge is 0.493 e. The van der Waals surface area contributed by atoms with E-state index in [1.807, 2.05) is 25.2 Å². The van der Waals surface area contributed by atoms with E-state index in [2.05, 4.69) is 11.0 Å². The number of carbonyl (C=O) groups is 1. The van der Waals surface area contributed by atoms with Gasteiger partial charge in [-0.25, -0.2) is 4.79 Å². The molecule has 7 nitrogen and oxygen atoms in total. The van der Waals surface area contributed by atoms with Gasteiger partial charge in [-0.15, -0.1) is 0 Å². The first kappa shape index (κ1) is 17.3. The van der Waals surface area contributed by atoms with E-state index in [9.17, 15) is 9.90 Å². The monoisotopic (exact) mass is 361 g/mol. The molecular formula is C19H23NO6. The molecule has 4 rings (SSSR count). The molecule has 1 aromatic rings. The summed E-state index contributed by atoms with van der Waals surface area (Å²) in [5.74, 6) is -0.572. The summed E-state index contributed by atoms with van der Waals surface area (Å²) in [4.78, 5) is 13.9. The number of carbonyl (C=O) groups excluding carboxylic acids is 1. The molecule has 1 aromatic carbocycles. The number of likely N-dealkylation sites (N-methyl/N-ethyl adjacent to an activating group) is 1. The van der Waals surface area contributed by atoms with Gasteiger partial charge in [0.25, 0.3) is 6.29 Å². The van der Waals surface area contributed by atoms with Crippen molar-refractivity contribution in [1.29, 1.82) is 0 Å². The van der Waals surface area contributed by atoms with Gasteiger partial charge in [0, 0.05) is 17.9 Å². The summed E-state index contributed by atoms with van der Waals surface area (Å²) in [6.45, 7) is 0.899. The second-order valence-electron chi connectivity index (χ2n) is 7.10. The maximum Gasteiger partial charge on any atom is 0.366 e. The highest BCUT2D eigenvalue weighted by Crippen LogP contribution is 2.50. The number of hydrogen-bond acceptors (Lipinski definition) is 7. The van der Waals surface area contributed by atoms with Crippen molar-refractivity contribution in [3.8, 4) is 11.5 Å². The van der Waals surface area contributed by atoms with Crippen molar-refractivity contribution < 1.29 is 28.8 Å². The van der Waals surface area contributed by atoms with Gasteiger partial charge in [-0.05, 0) is 43.8 Å². The molecule has 4 atom stereocenters. The van der Waals surface area contributed by atoms with E-state index in [1.54, 1.807) is 20.3 Å². The molecule has 0 amide bonds. The zero-order chi connectivity index (χ0) is 18.5. The summed E-state index contributed by atoms with van der Waals surface area (Å²) in [5, 5.41) is 9.65. The number of ether oxygens (including phenoxy) is 4. The Morgan fingerprint density at radius 3 is 2.65 bits per heavy atom. The van der Waals surface area contributed by atoms with Crippen LogP contribution in [0.5, 0.6) is 11.5 Å². The summed E-state index contributed by atoms with van der Waals surface area (Å²) in [5.41, 5.74) is 0.864. The van der Waals surface area contributed by atoms with Crippen LogP contribution in [0.2, 0.25) is 0 Å². The lowest BCUT2D eigenvalue weighted by Crippen LogP contribution is -2.50. The number of benzene rings is 1. The highest BCUT2D eigenvalue weighted by molar-refractivity contribution is 5.75. The van der Waals surface area contributed by atoms with Crippen LogP contribution in [-0.4, -0.2) is 61.9 Å². The molecule has 1 spiro atoms. The molecule has 26 heavy (non-hydrogen) atoms. The normalized spacial score (nSPS) is 36.2. The van der Waals surface area contributed by atoms with Gasteiger partial charge < -0.3 is 24.2 Å². The third kappa shape index (κ3) is 2.42. The number of fused-ring (bicyclic) bond motifs is 1. The van der Waals surface area contributed by atoms with Crippen LogP contribution < -0.4 is 9.47 Å². The minimum Gasteiger partial charge on any atom is -0.493 e. The zero-order valence-corrected chi connectivity index (χ0v) is 15.1. The zero-order valence-electron chi connectivity index (χ0n) is 15.1. The van der Waals surface area contributed by atoms with Gasteiger partial charge in [0.1, 0.15) is 0 Å². The van der Waals surface area contributed by atoms with Crippen molar-refractivity contribution in [2.45, 2.75) is 36.4 Å². The summed E-state index contributed by atoms with van der Waals surface area (Å²) in [6, 6.07) is 6.02. The standard InChI is InChI=1S/C19H23NO6/c1-20-9-8-18(12-4-5-13(23-2)14(10-12)24-3)6-7-19(11-15(18)20)25-16(21)17(22)26-19/h4-7,10,15-16,21H,8-9,11H2,1-3H3/t15-,16?,18-,19?/m0/s1. The number of esters is 1. The molecule has 0 bridgehead atoms. The molecular weight excluding hydrogens is 338 g/mol. The van der Waals surface area contributed by atoms with E-state index in [1.165, 1.54) is 0 Å². The topological polar surface area (TPSA) is 77.5 Å². The summed E-state index contributed by atoms with van der Waals surface area (Å²) in [7, 11) is 5.28. The van der Waals surface area contributed by atoms with E-state index < -0.39 is 18.0 Å². The first-order chi connectivity index (χ1) is 12.4. The lowest BCUT2D eigenvalue weighted by Gasteiger charge is -2.43. The molecule has 1 aliphatic carbocycles.